The van der Waals surface area contributed by atoms with Gasteiger partial charge in [0.2, 0.25) is 0 Å². The molecular formula is C7H11NO4. The van der Waals surface area contributed by atoms with E-state index in [2.05, 4.69) is 0 Å². The number of carbonyl (C=O) groups excluding carboxylic acids is 1. The molecule has 5 nitrogen and oxygen atoms in total. The van der Waals surface area contributed by atoms with Gasteiger partial charge in [0, 0.05) is 6.54 Å². The number of fused-ring (bicyclic) bond motifs is 1. The number of aliphatic hydroxyl groups is 2. The second kappa shape index (κ2) is 2.60. The number of nitrogens with zero attached hydrogens (tertiary/aromatic N) is 1. The first-order valence-corrected chi connectivity index (χ1v) is 3.99. The van der Waals surface area contributed by atoms with E-state index in [0.29, 0.717) is 13.0 Å². The number of aliphatic hydroxyl groups excluding tert-OH is 2. The molecule has 0 spiro atoms. The minimum Gasteiger partial charge on any atom is -0.447 e. The van der Waals surface area contributed by atoms with Crippen molar-refractivity contribution in [2.75, 3.05) is 13.2 Å². The Hall–Kier alpha value is -0.810. The highest BCUT2D eigenvalue weighted by Crippen LogP contribution is 2.23. The van der Waals surface area contributed by atoms with Crippen LogP contribution in [-0.2, 0) is 4.74 Å². The molecule has 0 bridgehead atoms. The van der Waals surface area contributed by atoms with Gasteiger partial charge in [-0.1, -0.05) is 0 Å². The van der Waals surface area contributed by atoms with Gasteiger partial charge >= 0.3 is 6.09 Å². The Morgan fingerprint density at radius 3 is 3.00 bits per heavy atom. The number of piperidine rings is 1. The summed E-state index contributed by atoms with van der Waals surface area (Å²) in [6.45, 7) is 0.665. The van der Waals surface area contributed by atoms with Gasteiger partial charge in [-0.25, -0.2) is 4.79 Å². The Morgan fingerprint density at radius 1 is 1.50 bits per heavy atom. The Balaban J connectivity index is 2.14. The van der Waals surface area contributed by atoms with Crippen molar-refractivity contribution >= 4 is 6.09 Å². The molecule has 2 saturated heterocycles. The molecule has 0 aromatic carbocycles. The molecule has 0 aliphatic carbocycles. The highest BCUT2D eigenvalue weighted by molar-refractivity contribution is 5.70. The van der Waals surface area contributed by atoms with Crippen molar-refractivity contribution in [1.82, 2.24) is 4.90 Å². The maximum atomic E-state index is 11.0. The summed E-state index contributed by atoms with van der Waals surface area (Å²) in [4.78, 5) is 12.4. The smallest absolute Gasteiger partial charge is 0.410 e. The summed E-state index contributed by atoms with van der Waals surface area (Å²) in [7, 11) is 0. The lowest BCUT2D eigenvalue weighted by Crippen LogP contribution is -2.53. The second-order valence-electron chi connectivity index (χ2n) is 3.18. The van der Waals surface area contributed by atoms with E-state index in [0.717, 1.165) is 0 Å². The third kappa shape index (κ3) is 0.971. The molecule has 0 aromatic rings. The molecule has 1 amide bonds. The van der Waals surface area contributed by atoms with Crippen molar-refractivity contribution in [3.63, 3.8) is 0 Å². The molecule has 2 heterocycles. The van der Waals surface area contributed by atoms with Gasteiger partial charge < -0.3 is 14.9 Å². The van der Waals surface area contributed by atoms with E-state index in [4.69, 9.17) is 4.74 Å². The third-order valence-electron chi connectivity index (χ3n) is 2.47. The fraction of sp³-hybridized carbons (Fsp3) is 0.857. The van der Waals surface area contributed by atoms with Crippen molar-refractivity contribution in [3.05, 3.63) is 0 Å². The van der Waals surface area contributed by atoms with Crippen LogP contribution in [-0.4, -0.2) is 52.6 Å². The van der Waals surface area contributed by atoms with Crippen molar-refractivity contribution in [2.45, 2.75) is 24.7 Å². The molecular weight excluding hydrogens is 162 g/mol. The first kappa shape index (κ1) is 7.82. The minimum absolute atomic E-state index is 0.192. The highest BCUT2D eigenvalue weighted by Gasteiger charge is 2.43. The fourth-order valence-corrected chi connectivity index (χ4v) is 1.70. The third-order valence-corrected chi connectivity index (χ3v) is 2.47. The molecule has 0 saturated carbocycles. The number of amides is 1. The van der Waals surface area contributed by atoms with Gasteiger partial charge in [-0.05, 0) is 6.42 Å². The van der Waals surface area contributed by atoms with Crippen LogP contribution in [0.5, 0.6) is 0 Å². The zero-order valence-electron chi connectivity index (χ0n) is 6.51. The van der Waals surface area contributed by atoms with Crippen LogP contribution in [0.4, 0.5) is 4.79 Å². The lowest BCUT2D eigenvalue weighted by Gasteiger charge is -2.34. The van der Waals surface area contributed by atoms with Crippen LogP contribution in [0.15, 0.2) is 0 Å². The maximum Gasteiger partial charge on any atom is 0.410 e. The number of cyclic esters (lactones) is 1. The molecule has 2 rings (SSSR count). The van der Waals surface area contributed by atoms with E-state index in [1.54, 1.807) is 0 Å². The first-order chi connectivity index (χ1) is 5.70. The summed E-state index contributed by atoms with van der Waals surface area (Å²) >= 11 is 0. The Kier molecular flexibility index (Phi) is 1.69. The van der Waals surface area contributed by atoms with E-state index in [-0.39, 0.29) is 18.7 Å². The summed E-state index contributed by atoms with van der Waals surface area (Å²) in [6.07, 6.45) is -1.54. The van der Waals surface area contributed by atoms with Gasteiger partial charge in [0.15, 0.2) is 0 Å². The van der Waals surface area contributed by atoms with Gasteiger partial charge in [0.1, 0.15) is 12.7 Å². The van der Waals surface area contributed by atoms with Crippen LogP contribution in [0.25, 0.3) is 0 Å². The molecule has 68 valence electrons. The zero-order valence-corrected chi connectivity index (χ0v) is 6.51. The van der Waals surface area contributed by atoms with Crippen LogP contribution < -0.4 is 0 Å². The predicted molar refractivity (Wildman–Crippen MR) is 38.5 cm³/mol. The molecule has 5 heteroatoms. The summed E-state index contributed by atoms with van der Waals surface area (Å²) < 4.78 is 4.73. The van der Waals surface area contributed by atoms with Gasteiger partial charge in [-0.3, -0.25) is 4.90 Å². The molecule has 0 unspecified atom stereocenters. The van der Waals surface area contributed by atoms with Gasteiger partial charge in [-0.15, -0.1) is 0 Å². The lowest BCUT2D eigenvalue weighted by molar-refractivity contribution is -0.0523. The Morgan fingerprint density at radius 2 is 2.25 bits per heavy atom. The van der Waals surface area contributed by atoms with Gasteiger partial charge in [-0.2, -0.15) is 0 Å². The van der Waals surface area contributed by atoms with Gasteiger partial charge in [0.25, 0.3) is 0 Å². The first-order valence-electron chi connectivity index (χ1n) is 3.99. The monoisotopic (exact) mass is 173 g/mol. The van der Waals surface area contributed by atoms with E-state index in [9.17, 15) is 15.0 Å². The van der Waals surface area contributed by atoms with Crippen molar-refractivity contribution in [1.29, 1.82) is 0 Å². The van der Waals surface area contributed by atoms with E-state index in [1.165, 1.54) is 4.90 Å². The van der Waals surface area contributed by atoms with Crippen LogP contribution in [0.1, 0.15) is 6.42 Å². The van der Waals surface area contributed by atoms with Crippen LogP contribution in [0.2, 0.25) is 0 Å². The normalized spacial score (nSPS) is 41.0. The topological polar surface area (TPSA) is 70.0 Å². The number of carbonyl (C=O) groups is 1. The largest absolute Gasteiger partial charge is 0.447 e. The summed E-state index contributed by atoms with van der Waals surface area (Å²) in [5, 5.41) is 18.7. The van der Waals surface area contributed by atoms with E-state index < -0.39 is 12.2 Å². The zero-order chi connectivity index (χ0) is 8.72. The van der Waals surface area contributed by atoms with Crippen molar-refractivity contribution < 1.29 is 19.7 Å². The number of hydrogen-bond donors (Lipinski definition) is 2. The fourth-order valence-electron chi connectivity index (χ4n) is 1.70. The SMILES string of the molecule is O=C1OC[C@H]2[C@@H](O)[C@H](O)CCN12. The molecule has 2 aliphatic rings. The van der Waals surface area contributed by atoms with Crippen LogP contribution >= 0.6 is 0 Å². The standard InChI is InChI=1S/C7H11NO4/c9-5-1-2-8-4(6(5)10)3-12-7(8)11/h4-6,9-10H,1-3H2/t4-,5+,6+/m0/s1. The Labute approximate surface area is 69.5 Å². The minimum atomic E-state index is -0.856. The van der Waals surface area contributed by atoms with Crippen LogP contribution in [0.3, 0.4) is 0 Å². The molecule has 2 fully saturated rings. The highest BCUT2D eigenvalue weighted by atomic mass is 16.6. The number of hydrogen-bond acceptors (Lipinski definition) is 4. The maximum absolute atomic E-state index is 11.0. The van der Waals surface area contributed by atoms with Crippen molar-refractivity contribution in [2.24, 2.45) is 0 Å². The molecule has 0 radical (unpaired) electrons. The molecule has 3 atom stereocenters. The Bertz CT molecular complexity index is 208. The predicted octanol–water partition coefficient (Wildman–Crippen LogP) is -1.07. The quantitative estimate of drug-likeness (QED) is 0.489. The van der Waals surface area contributed by atoms with Crippen molar-refractivity contribution in [3.8, 4) is 0 Å². The average Bonchev–Trinajstić information content (AvgIpc) is 2.41. The van der Waals surface area contributed by atoms with Crippen LogP contribution in [0, 0.1) is 0 Å². The average molecular weight is 173 g/mol. The second-order valence-corrected chi connectivity index (χ2v) is 3.18. The van der Waals surface area contributed by atoms with E-state index >= 15 is 0 Å². The molecule has 12 heavy (non-hydrogen) atoms. The lowest BCUT2D eigenvalue weighted by atomic mass is 9.98. The number of rotatable bonds is 0. The summed E-state index contributed by atoms with van der Waals surface area (Å²) in [5.74, 6) is 0. The van der Waals surface area contributed by atoms with Gasteiger partial charge in [0.05, 0.1) is 12.1 Å². The van der Waals surface area contributed by atoms with E-state index in [1.807, 2.05) is 0 Å². The summed E-state index contributed by atoms with van der Waals surface area (Å²) in [5.41, 5.74) is 0. The molecule has 2 aliphatic heterocycles. The molecule has 0 aromatic heterocycles. The molecule has 2 N–H and O–H groups in total. The number of ether oxygens (including phenoxy) is 1. The summed E-state index contributed by atoms with van der Waals surface area (Å²) in [6, 6.07) is -0.346.